The summed E-state index contributed by atoms with van der Waals surface area (Å²) in [6.07, 6.45) is 0.706. The number of nitro benzene ring substituents is 1. The van der Waals surface area contributed by atoms with E-state index in [0.717, 1.165) is 5.56 Å². The number of nitriles is 1. The zero-order valence-electron chi connectivity index (χ0n) is 9.22. The van der Waals surface area contributed by atoms with E-state index in [1.165, 1.54) is 12.1 Å². The molecule has 17 heavy (non-hydrogen) atoms. The summed E-state index contributed by atoms with van der Waals surface area (Å²) >= 11 is 5.55. The third kappa shape index (κ3) is 3.61. The Labute approximate surface area is 104 Å². The summed E-state index contributed by atoms with van der Waals surface area (Å²) in [6, 6.07) is 6.51. The third-order valence-electron chi connectivity index (χ3n) is 2.15. The van der Waals surface area contributed by atoms with Gasteiger partial charge in [0.25, 0.3) is 0 Å². The van der Waals surface area contributed by atoms with Crippen LogP contribution in [0.25, 0.3) is 0 Å². The zero-order chi connectivity index (χ0) is 12.8. The molecule has 0 saturated carbocycles. The molecule has 1 aromatic rings. The highest BCUT2D eigenvalue weighted by molar-refractivity contribution is 6.22. The molecule has 0 amide bonds. The number of nitrogens with zero attached hydrogens (tertiary/aromatic N) is 2. The van der Waals surface area contributed by atoms with E-state index in [4.69, 9.17) is 21.6 Å². The molecule has 0 aliphatic rings. The number of nitro groups is 1. The highest BCUT2D eigenvalue weighted by atomic mass is 35.5. The van der Waals surface area contributed by atoms with Gasteiger partial charge in [-0.1, -0.05) is 13.0 Å². The third-order valence-corrected chi connectivity index (χ3v) is 2.38. The molecule has 0 bridgehead atoms. The van der Waals surface area contributed by atoms with Crippen molar-refractivity contribution in [3.8, 4) is 11.8 Å². The minimum absolute atomic E-state index is 0.0790. The number of aryl methyl sites for hydroxylation is 1. The fraction of sp³-hybridized carbons (Fsp3) is 0.364. The predicted molar refractivity (Wildman–Crippen MR) is 63.2 cm³/mol. The maximum absolute atomic E-state index is 10.8. The number of alkyl halides is 1. The number of halogens is 1. The lowest BCUT2D eigenvalue weighted by molar-refractivity contribution is -0.385. The molecular weight excluding hydrogens is 244 g/mol. The second-order valence-corrected chi connectivity index (χ2v) is 3.85. The fourth-order valence-electron chi connectivity index (χ4n) is 1.25. The van der Waals surface area contributed by atoms with E-state index >= 15 is 0 Å². The van der Waals surface area contributed by atoms with Gasteiger partial charge < -0.3 is 4.74 Å². The molecule has 0 spiro atoms. The van der Waals surface area contributed by atoms with E-state index in [1.54, 1.807) is 12.1 Å². The van der Waals surface area contributed by atoms with Gasteiger partial charge in [0, 0.05) is 6.07 Å². The number of ether oxygens (including phenoxy) is 1. The summed E-state index contributed by atoms with van der Waals surface area (Å²) < 4.78 is 5.15. The molecule has 90 valence electrons. The topological polar surface area (TPSA) is 76.2 Å². The predicted octanol–water partition coefficient (Wildman–Crippen LogP) is 2.67. The Balaban J connectivity index is 2.91. The van der Waals surface area contributed by atoms with Crippen LogP contribution in [0, 0.1) is 21.4 Å². The van der Waals surface area contributed by atoms with Crippen LogP contribution in [0.5, 0.6) is 5.75 Å². The average molecular weight is 255 g/mol. The van der Waals surface area contributed by atoms with Crippen molar-refractivity contribution in [2.45, 2.75) is 18.7 Å². The van der Waals surface area contributed by atoms with Crippen LogP contribution >= 0.6 is 11.6 Å². The number of hydrogen-bond acceptors (Lipinski definition) is 4. The average Bonchev–Trinajstić information content (AvgIpc) is 2.35. The van der Waals surface area contributed by atoms with Gasteiger partial charge in [-0.3, -0.25) is 10.1 Å². The van der Waals surface area contributed by atoms with Gasteiger partial charge in [-0.15, -0.1) is 11.6 Å². The molecule has 1 atom stereocenters. The molecule has 0 radical (unpaired) electrons. The minimum Gasteiger partial charge on any atom is -0.484 e. The molecule has 0 aliphatic carbocycles. The van der Waals surface area contributed by atoms with Gasteiger partial charge in [0.15, 0.2) is 11.1 Å². The molecule has 0 N–H and O–H groups in total. The maximum atomic E-state index is 10.8. The molecule has 5 nitrogen and oxygen atoms in total. The summed E-state index contributed by atoms with van der Waals surface area (Å²) in [5, 5.41) is 18.5. The molecule has 0 saturated heterocycles. The Morgan fingerprint density at radius 2 is 2.35 bits per heavy atom. The maximum Gasteiger partial charge on any atom is 0.311 e. The Morgan fingerprint density at radius 3 is 2.88 bits per heavy atom. The SMILES string of the molecule is CCc1ccc(OCC(Cl)C#N)c([N+](=O)[O-])c1. The van der Waals surface area contributed by atoms with Gasteiger partial charge >= 0.3 is 5.69 Å². The van der Waals surface area contributed by atoms with Crippen molar-refractivity contribution >= 4 is 17.3 Å². The van der Waals surface area contributed by atoms with Crippen LogP contribution in [0.2, 0.25) is 0 Å². The van der Waals surface area contributed by atoms with Crippen molar-refractivity contribution in [2.75, 3.05) is 6.61 Å². The summed E-state index contributed by atoms with van der Waals surface area (Å²) in [5.74, 6) is 0.133. The molecule has 0 aliphatic heterocycles. The molecule has 0 heterocycles. The van der Waals surface area contributed by atoms with Crippen LogP contribution in [-0.2, 0) is 6.42 Å². The number of hydrogen-bond donors (Lipinski definition) is 0. The number of rotatable bonds is 5. The lowest BCUT2D eigenvalue weighted by Crippen LogP contribution is -2.10. The Bertz CT molecular complexity index is 457. The van der Waals surface area contributed by atoms with Crippen LogP contribution in [0.1, 0.15) is 12.5 Å². The van der Waals surface area contributed by atoms with Gasteiger partial charge in [-0.05, 0) is 18.1 Å². The first-order chi connectivity index (χ1) is 8.08. The molecule has 6 heteroatoms. The van der Waals surface area contributed by atoms with Crippen LogP contribution in [0.15, 0.2) is 18.2 Å². The van der Waals surface area contributed by atoms with Crippen molar-refractivity contribution in [3.63, 3.8) is 0 Å². The summed E-state index contributed by atoms with van der Waals surface area (Å²) in [4.78, 5) is 10.3. The van der Waals surface area contributed by atoms with E-state index in [9.17, 15) is 10.1 Å². The minimum atomic E-state index is -0.819. The molecular formula is C11H11ClN2O3. The van der Waals surface area contributed by atoms with Crippen molar-refractivity contribution in [1.29, 1.82) is 5.26 Å². The second-order valence-electron chi connectivity index (χ2n) is 3.32. The quantitative estimate of drug-likeness (QED) is 0.460. The normalized spacial score (nSPS) is 11.6. The Kier molecular flexibility index (Phi) is 4.73. The molecule has 0 aromatic heterocycles. The summed E-state index contributed by atoms with van der Waals surface area (Å²) in [7, 11) is 0. The van der Waals surface area contributed by atoms with E-state index in [-0.39, 0.29) is 18.0 Å². The Morgan fingerprint density at radius 1 is 1.65 bits per heavy atom. The highest BCUT2D eigenvalue weighted by Gasteiger charge is 2.16. The summed E-state index contributed by atoms with van der Waals surface area (Å²) in [5.41, 5.74) is 0.748. The van der Waals surface area contributed by atoms with Crippen LogP contribution in [-0.4, -0.2) is 16.9 Å². The Hall–Kier alpha value is -1.80. The monoisotopic (exact) mass is 254 g/mol. The van der Waals surface area contributed by atoms with Crippen molar-refractivity contribution in [2.24, 2.45) is 0 Å². The van der Waals surface area contributed by atoms with E-state index < -0.39 is 10.3 Å². The fourth-order valence-corrected chi connectivity index (χ4v) is 1.31. The highest BCUT2D eigenvalue weighted by Crippen LogP contribution is 2.28. The van der Waals surface area contributed by atoms with Crippen LogP contribution in [0.3, 0.4) is 0 Å². The van der Waals surface area contributed by atoms with Crippen molar-refractivity contribution in [1.82, 2.24) is 0 Å². The van der Waals surface area contributed by atoms with E-state index in [0.29, 0.717) is 6.42 Å². The standard InChI is InChI=1S/C11H11ClN2O3/c1-2-8-3-4-11(10(5-8)14(15)16)17-7-9(12)6-13/h3-5,9H,2,7H2,1H3. The lowest BCUT2D eigenvalue weighted by atomic mass is 10.1. The molecule has 1 unspecified atom stereocenters. The van der Waals surface area contributed by atoms with E-state index in [2.05, 4.69) is 0 Å². The first-order valence-electron chi connectivity index (χ1n) is 5.02. The lowest BCUT2D eigenvalue weighted by Gasteiger charge is -2.07. The van der Waals surface area contributed by atoms with E-state index in [1.807, 2.05) is 6.92 Å². The van der Waals surface area contributed by atoms with Crippen LogP contribution in [0.4, 0.5) is 5.69 Å². The van der Waals surface area contributed by atoms with Gasteiger partial charge in [-0.25, -0.2) is 0 Å². The van der Waals surface area contributed by atoms with Gasteiger partial charge in [0.1, 0.15) is 6.61 Å². The first-order valence-corrected chi connectivity index (χ1v) is 5.46. The summed E-state index contributed by atoms with van der Waals surface area (Å²) in [6.45, 7) is 1.83. The second kappa shape index (κ2) is 6.06. The van der Waals surface area contributed by atoms with Gasteiger partial charge in [-0.2, -0.15) is 5.26 Å². The number of benzene rings is 1. The van der Waals surface area contributed by atoms with Crippen molar-refractivity contribution in [3.05, 3.63) is 33.9 Å². The zero-order valence-corrected chi connectivity index (χ0v) is 9.98. The molecule has 1 aromatic carbocycles. The largest absolute Gasteiger partial charge is 0.484 e. The van der Waals surface area contributed by atoms with Crippen LogP contribution < -0.4 is 4.74 Å². The smallest absolute Gasteiger partial charge is 0.311 e. The first kappa shape index (κ1) is 13.3. The van der Waals surface area contributed by atoms with Gasteiger partial charge in [0.2, 0.25) is 0 Å². The molecule has 0 fully saturated rings. The van der Waals surface area contributed by atoms with Crippen molar-refractivity contribution < 1.29 is 9.66 Å². The van der Waals surface area contributed by atoms with Gasteiger partial charge in [0.05, 0.1) is 11.0 Å². The molecule has 1 rings (SSSR count).